The number of hydrogen-bond donors (Lipinski definition) is 3. The molecule has 1 saturated carbocycles. The van der Waals surface area contributed by atoms with Crippen LogP contribution in [0.15, 0.2) is 21.5 Å². The summed E-state index contributed by atoms with van der Waals surface area (Å²) in [5.74, 6) is 1.93. The molecule has 3 rings (SSSR count). The van der Waals surface area contributed by atoms with Gasteiger partial charge >= 0.3 is 0 Å². The van der Waals surface area contributed by atoms with Gasteiger partial charge in [-0.15, -0.1) is 0 Å². The predicted molar refractivity (Wildman–Crippen MR) is 102 cm³/mol. The van der Waals surface area contributed by atoms with Gasteiger partial charge in [0.1, 0.15) is 12.3 Å². The third-order valence-electron chi connectivity index (χ3n) is 5.25. The molecule has 2 fully saturated rings. The first kappa shape index (κ1) is 18.8. The molecule has 1 saturated heterocycles. The van der Waals surface area contributed by atoms with Crippen LogP contribution in [0.2, 0.25) is 0 Å². The van der Waals surface area contributed by atoms with Gasteiger partial charge in [0.25, 0.3) is 5.91 Å². The van der Waals surface area contributed by atoms with Crippen molar-refractivity contribution in [2.75, 3.05) is 26.2 Å². The molecular weight excluding hydrogens is 330 g/mol. The number of carbonyl (C=O) groups excluding carboxylic acids is 1. The van der Waals surface area contributed by atoms with Crippen LogP contribution in [0, 0.1) is 5.92 Å². The van der Waals surface area contributed by atoms with Gasteiger partial charge in [-0.3, -0.25) is 4.79 Å². The van der Waals surface area contributed by atoms with E-state index in [1.54, 1.807) is 12.1 Å². The van der Waals surface area contributed by atoms with E-state index in [-0.39, 0.29) is 5.76 Å². The molecule has 7 heteroatoms. The maximum absolute atomic E-state index is 11.1. The van der Waals surface area contributed by atoms with Crippen molar-refractivity contribution >= 4 is 11.9 Å². The van der Waals surface area contributed by atoms with E-state index >= 15 is 0 Å². The molecule has 1 unspecified atom stereocenters. The van der Waals surface area contributed by atoms with E-state index in [2.05, 4.69) is 27.4 Å². The van der Waals surface area contributed by atoms with Gasteiger partial charge in [0.15, 0.2) is 11.7 Å². The van der Waals surface area contributed by atoms with E-state index in [1.807, 2.05) is 0 Å². The predicted octanol–water partition coefficient (Wildman–Crippen LogP) is 1.70. The molecule has 2 aliphatic rings. The van der Waals surface area contributed by atoms with E-state index in [1.165, 1.54) is 32.2 Å². The van der Waals surface area contributed by atoms with E-state index in [0.717, 1.165) is 37.9 Å². The van der Waals surface area contributed by atoms with Crippen molar-refractivity contribution < 1.29 is 9.21 Å². The highest BCUT2D eigenvalue weighted by atomic mass is 16.3. The standard InChI is InChI=1S/C19H31N5O2/c1-2-21-19(22-11-16-7-8-17(26-16)18(20)25)23-15-9-10-24(13-15)12-14-5-3-4-6-14/h7-8,14-15H,2-6,9-13H2,1H3,(H2,20,25)(H2,21,22,23). The first-order valence-electron chi connectivity index (χ1n) is 9.79. The fourth-order valence-electron chi connectivity index (χ4n) is 3.94. The first-order chi connectivity index (χ1) is 12.6. The number of carbonyl (C=O) groups is 1. The first-order valence-corrected chi connectivity index (χ1v) is 9.79. The Kier molecular flexibility index (Phi) is 6.55. The summed E-state index contributed by atoms with van der Waals surface area (Å²) in [7, 11) is 0. The number of likely N-dealkylation sites (tertiary alicyclic amines) is 1. The lowest BCUT2D eigenvalue weighted by Gasteiger charge is -2.21. The Balaban J connectivity index is 1.50. The Bertz CT molecular complexity index is 621. The average Bonchev–Trinajstić information content (AvgIpc) is 3.35. The van der Waals surface area contributed by atoms with Crippen LogP contribution in [-0.4, -0.2) is 49.0 Å². The molecule has 1 aromatic heterocycles. The average molecular weight is 361 g/mol. The van der Waals surface area contributed by atoms with Crippen molar-refractivity contribution in [3.8, 4) is 0 Å². The van der Waals surface area contributed by atoms with Gasteiger partial charge < -0.3 is 25.7 Å². The second-order valence-corrected chi connectivity index (χ2v) is 7.37. The van der Waals surface area contributed by atoms with Crippen molar-refractivity contribution in [1.29, 1.82) is 0 Å². The van der Waals surface area contributed by atoms with E-state index < -0.39 is 5.91 Å². The van der Waals surface area contributed by atoms with Gasteiger partial charge in [-0.25, -0.2) is 4.99 Å². The maximum atomic E-state index is 11.1. The van der Waals surface area contributed by atoms with Crippen LogP contribution < -0.4 is 16.4 Å². The van der Waals surface area contributed by atoms with Crippen molar-refractivity contribution in [3.05, 3.63) is 23.7 Å². The molecule has 26 heavy (non-hydrogen) atoms. The van der Waals surface area contributed by atoms with Crippen LogP contribution in [0.4, 0.5) is 0 Å². The van der Waals surface area contributed by atoms with E-state index in [0.29, 0.717) is 18.3 Å². The smallest absolute Gasteiger partial charge is 0.284 e. The zero-order valence-electron chi connectivity index (χ0n) is 15.7. The zero-order valence-corrected chi connectivity index (χ0v) is 15.7. The van der Waals surface area contributed by atoms with Gasteiger partial charge in [0, 0.05) is 32.2 Å². The zero-order chi connectivity index (χ0) is 18.4. The molecule has 0 bridgehead atoms. The molecule has 0 spiro atoms. The third kappa shape index (κ3) is 5.24. The Morgan fingerprint density at radius 2 is 2.15 bits per heavy atom. The molecule has 0 aromatic carbocycles. The summed E-state index contributed by atoms with van der Waals surface area (Å²) in [5, 5.41) is 6.82. The van der Waals surface area contributed by atoms with Crippen LogP contribution in [-0.2, 0) is 6.54 Å². The Morgan fingerprint density at radius 3 is 2.85 bits per heavy atom. The summed E-state index contributed by atoms with van der Waals surface area (Å²) in [6, 6.07) is 3.75. The Morgan fingerprint density at radius 1 is 1.35 bits per heavy atom. The normalized spacial score (nSPS) is 22.0. The lowest BCUT2D eigenvalue weighted by Crippen LogP contribution is -2.44. The molecular formula is C19H31N5O2. The van der Waals surface area contributed by atoms with Gasteiger partial charge in [0.2, 0.25) is 0 Å². The SMILES string of the molecule is CCNC(=NCc1ccc(C(N)=O)o1)NC1CCN(CC2CCCC2)C1. The lowest BCUT2D eigenvalue weighted by atomic mass is 10.1. The lowest BCUT2D eigenvalue weighted by molar-refractivity contribution is 0.0972. The molecule has 1 atom stereocenters. The molecule has 1 amide bonds. The summed E-state index contributed by atoms with van der Waals surface area (Å²) < 4.78 is 5.39. The Hall–Kier alpha value is -2.02. The number of aliphatic imine (C=N–C) groups is 1. The summed E-state index contributed by atoms with van der Waals surface area (Å²) >= 11 is 0. The fourth-order valence-corrected chi connectivity index (χ4v) is 3.94. The molecule has 7 nitrogen and oxygen atoms in total. The number of nitrogens with zero attached hydrogens (tertiary/aromatic N) is 2. The van der Waals surface area contributed by atoms with E-state index in [9.17, 15) is 4.79 Å². The Labute approximate surface area is 155 Å². The highest BCUT2D eigenvalue weighted by Crippen LogP contribution is 2.26. The number of amides is 1. The molecule has 1 aromatic rings. The van der Waals surface area contributed by atoms with Gasteiger partial charge in [-0.2, -0.15) is 0 Å². The van der Waals surface area contributed by atoms with Crippen molar-refractivity contribution in [2.24, 2.45) is 16.6 Å². The molecule has 0 radical (unpaired) electrons. The van der Waals surface area contributed by atoms with Gasteiger partial charge in [0.05, 0.1) is 0 Å². The topological polar surface area (TPSA) is 95.9 Å². The van der Waals surface area contributed by atoms with Crippen LogP contribution in [0.5, 0.6) is 0 Å². The molecule has 144 valence electrons. The molecule has 1 aliphatic carbocycles. The number of primary amides is 1. The highest BCUT2D eigenvalue weighted by molar-refractivity contribution is 5.89. The summed E-state index contributed by atoms with van der Waals surface area (Å²) in [5.41, 5.74) is 5.21. The molecule has 1 aliphatic heterocycles. The molecule has 2 heterocycles. The number of guanidine groups is 1. The van der Waals surface area contributed by atoms with Crippen molar-refractivity contribution in [3.63, 3.8) is 0 Å². The summed E-state index contributed by atoms with van der Waals surface area (Å²) in [6.07, 6.45) is 6.75. The van der Waals surface area contributed by atoms with E-state index in [4.69, 9.17) is 10.2 Å². The van der Waals surface area contributed by atoms with Gasteiger partial charge in [-0.1, -0.05) is 12.8 Å². The summed E-state index contributed by atoms with van der Waals surface area (Å²) in [4.78, 5) is 18.3. The maximum Gasteiger partial charge on any atom is 0.284 e. The second-order valence-electron chi connectivity index (χ2n) is 7.37. The van der Waals surface area contributed by atoms with Crippen LogP contribution >= 0.6 is 0 Å². The van der Waals surface area contributed by atoms with Crippen LogP contribution in [0.3, 0.4) is 0 Å². The largest absolute Gasteiger partial charge is 0.454 e. The molecule has 4 N–H and O–H groups in total. The van der Waals surface area contributed by atoms with Gasteiger partial charge in [-0.05, 0) is 44.2 Å². The monoisotopic (exact) mass is 361 g/mol. The number of nitrogens with one attached hydrogen (secondary N) is 2. The highest BCUT2D eigenvalue weighted by Gasteiger charge is 2.26. The van der Waals surface area contributed by atoms with Crippen molar-refractivity contribution in [1.82, 2.24) is 15.5 Å². The number of hydrogen-bond acceptors (Lipinski definition) is 4. The minimum atomic E-state index is -0.557. The summed E-state index contributed by atoms with van der Waals surface area (Å²) in [6.45, 7) is 6.71. The second kappa shape index (κ2) is 9.07. The van der Waals surface area contributed by atoms with Crippen LogP contribution in [0.25, 0.3) is 0 Å². The van der Waals surface area contributed by atoms with Crippen LogP contribution in [0.1, 0.15) is 55.3 Å². The number of nitrogens with two attached hydrogens (primary N) is 1. The number of furan rings is 1. The minimum absolute atomic E-state index is 0.173. The van der Waals surface area contributed by atoms with Crippen molar-refractivity contribution in [2.45, 2.75) is 51.6 Å². The number of rotatable bonds is 7. The quantitative estimate of drug-likeness (QED) is 0.507. The third-order valence-corrected chi connectivity index (χ3v) is 5.25. The minimum Gasteiger partial charge on any atom is -0.454 e. The fraction of sp³-hybridized carbons (Fsp3) is 0.684.